The Bertz CT molecular complexity index is 682. The van der Waals surface area contributed by atoms with Crippen LogP contribution in [0.25, 0.3) is 0 Å². The van der Waals surface area contributed by atoms with Crippen LogP contribution >= 0.6 is 11.6 Å². The average molecular weight is 303 g/mol. The summed E-state index contributed by atoms with van der Waals surface area (Å²) in [5.74, 6) is -1.93. The highest BCUT2D eigenvalue weighted by Gasteiger charge is 2.18. The molecule has 0 aromatic heterocycles. The normalized spacial score (nSPS) is 11.5. The quantitative estimate of drug-likeness (QED) is 0.934. The molecule has 0 bridgehead atoms. The van der Waals surface area contributed by atoms with Crippen LogP contribution < -0.4 is 5.32 Å². The van der Waals surface area contributed by atoms with Gasteiger partial charge >= 0.3 is 0 Å². The molecule has 0 heterocycles. The molecule has 1 atom stereocenters. The minimum absolute atomic E-state index is 0.0193. The molecule has 1 unspecified atom stereocenters. The lowest BCUT2D eigenvalue weighted by Crippen LogP contribution is -2.23. The summed E-state index contributed by atoms with van der Waals surface area (Å²) in [5.41, 5.74) is 1.16. The number of carbonyl (C=O) groups is 1. The minimum Gasteiger partial charge on any atom is -0.325 e. The highest BCUT2D eigenvalue weighted by molar-refractivity contribution is 6.30. The van der Waals surface area contributed by atoms with Crippen LogP contribution in [-0.4, -0.2) is 5.91 Å². The summed E-state index contributed by atoms with van der Waals surface area (Å²) in [7, 11) is 0. The van der Waals surface area contributed by atoms with E-state index in [4.69, 9.17) is 16.9 Å². The third-order valence-corrected chi connectivity index (χ3v) is 3.25. The van der Waals surface area contributed by atoms with Gasteiger partial charge in [-0.3, -0.25) is 4.79 Å². The number of benzene rings is 2. The van der Waals surface area contributed by atoms with Crippen molar-refractivity contribution in [1.29, 1.82) is 5.26 Å². The maximum Gasteiger partial charge on any atom is 0.242 e. The maximum atomic E-state index is 13.3. The fourth-order valence-electron chi connectivity index (χ4n) is 1.85. The van der Waals surface area contributed by atoms with Crippen LogP contribution in [0, 0.1) is 23.1 Å². The van der Waals surface area contributed by atoms with Crippen molar-refractivity contribution in [2.75, 3.05) is 5.32 Å². The van der Waals surface area contributed by atoms with Crippen LogP contribution in [0.5, 0.6) is 0 Å². The Hall–Kier alpha value is -2.38. The lowest BCUT2D eigenvalue weighted by molar-refractivity contribution is -0.118. The first kappa shape index (κ1) is 15.0. The number of carbonyl (C=O) groups excluding carboxylic acids is 1. The van der Waals surface area contributed by atoms with E-state index >= 15 is 0 Å². The van der Waals surface area contributed by atoms with Crippen molar-refractivity contribution < 1.29 is 9.18 Å². The van der Waals surface area contributed by atoms with Crippen molar-refractivity contribution in [2.24, 2.45) is 5.92 Å². The van der Waals surface area contributed by atoms with E-state index in [1.54, 1.807) is 0 Å². The predicted molar refractivity (Wildman–Crippen MR) is 79.3 cm³/mol. The van der Waals surface area contributed by atoms with Gasteiger partial charge in [0.15, 0.2) is 0 Å². The molecule has 0 fully saturated rings. The first-order valence-corrected chi connectivity index (χ1v) is 6.67. The van der Waals surface area contributed by atoms with Crippen molar-refractivity contribution in [1.82, 2.24) is 0 Å². The molecule has 0 spiro atoms. The van der Waals surface area contributed by atoms with Gasteiger partial charge in [0.1, 0.15) is 11.7 Å². The Kier molecular flexibility index (Phi) is 4.91. The van der Waals surface area contributed by atoms with Gasteiger partial charge in [0.05, 0.1) is 11.1 Å². The average Bonchev–Trinajstić information content (AvgIpc) is 2.49. The molecule has 21 heavy (non-hydrogen) atoms. The Morgan fingerprint density at radius 1 is 1.29 bits per heavy atom. The summed E-state index contributed by atoms with van der Waals surface area (Å²) in [6, 6.07) is 15.2. The molecule has 0 aliphatic heterocycles. The summed E-state index contributed by atoms with van der Waals surface area (Å²) in [4.78, 5) is 12.1. The third-order valence-electron chi connectivity index (χ3n) is 2.94. The van der Waals surface area contributed by atoms with Crippen LogP contribution in [0.15, 0.2) is 48.5 Å². The van der Waals surface area contributed by atoms with Gasteiger partial charge in [0.25, 0.3) is 0 Å². The van der Waals surface area contributed by atoms with Crippen LogP contribution in [0.3, 0.4) is 0 Å². The van der Waals surface area contributed by atoms with E-state index in [9.17, 15) is 9.18 Å². The molecule has 3 nitrogen and oxygen atoms in total. The van der Waals surface area contributed by atoms with Gasteiger partial charge < -0.3 is 5.32 Å². The minimum atomic E-state index is -0.842. The molecule has 0 aliphatic rings. The smallest absolute Gasteiger partial charge is 0.242 e. The molecular weight excluding hydrogens is 291 g/mol. The second-order valence-corrected chi connectivity index (χ2v) is 4.90. The van der Waals surface area contributed by atoms with E-state index in [2.05, 4.69) is 5.32 Å². The third kappa shape index (κ3) is 4.04. The lowest BCUT2D eigenvalue weighted by Gasteiger charge is -2.10. The molecule has 2 rings (SSSR count). The van der Waals surface area contributed by atoms with Crippen LogP contribution in [-0.2, 0) is 11.2 Å². The van der Waals surface area contributed by atoms with Crippen LogP contribution in [0.2, 0.25) is 5.02 Å². The molecule has 2 aromatic rings. The van der Waals surface area contributed by atoms with Crippen molar-refractivity contribution >= 4 is 23.2 Å². The lowest BCUT2D eigenvalue weighted by atomic mass is 10.00. The summed E-state index contributed by atoms with van der Waals surface area (Å²) < 4.78 is 13.3. The van der Waals surface area contributed by atoms with Crippen molar-refractivity contribution in [2.45, 2.75) is 6.42 Å². The number of anilines is 1. The van der Waals surface area contributed by atoms with Gasteiger partial charge in [0.2, 0.25) is 5.91 Å². The summed E-state index contributed by atoms with van der Waals surface area (Å²) in [5, 5.41) is 11.6. The number of amides is 1. The zero-order chi connectivity index (χ0) is 15.2. The number of hydrogen-bond acceptors (Lipinski definition) is 2. The molecular formula is C16H12ClFN2O. The highest BCUT2D eigenvalue weighted by atomic mass is 35.5. The number of halogens is 2. The molecule has 5 heteroatoms. The summed E-state index contributed by atoms with van der Waals surface area (Å²) in [6.07, 6.45) is 0.305. The number of rotatable bonds is 4. The van der Waals surface area contributed by atoms with Crippen molar-refractivity contribution in [3.05, 3.63) is 64.9 Å². The van der Waals surface area contributed by atoms with Gasteiger partial charge in [0, 0.05) is 5.69 Å². The second-order valence-electron chi connectivity index (χ2n) is 4.49. The number of nitrogens with one attached hydrogen (secondary N) is 1. The standard InChI is InChI=1S/C16H12ClFN2O/c17-14-7-6-13(9-15(14)18)20-16(21)12(10-19)8-11-4-2-1-3-5-11/h1-7,9,12H,8H2,(H,20,21). The Balaban J connectivity index is 2.07. The molecule has 0 saturated heterocycles. The number of nitrogens with zero attached hydrogens (tertiary/aromatic N) is 1. The highest BCUT2D eigenvalue weighted by Crippen LogP contribution is 2.19. The fourth-order valence-corrected chi connectivity index (χ4v) is 1.97. The molecule has 0 radical (unpaired) electrons. The Morgan fingerprint density at radius 2 is 2.00 bits per heavy atom. The first-order chi connectivity index (χ1) is 10.1. The second kappa shape index (κ2) is 6.87. The first-order valence-electron chi connectivity index (χ1n) is 6.29. The molecule has 2 aromatic carbocycles. The topological polar surface area (TPSA) is 52.9 Å². The van der Waals surface area contributed by atoms with E-state index in [-0.39, 0.29) is 10.7 Å². The van der Waals surface area contributed by atoms with Gasteiger partial charge in [-0.15, -0.1) is 0 Å². The largest absolute Gasteiger partial charge is 0.325 e. The van der Waals surface area contributed by atoms with E-state index in [0.29, 0.717) is 6.42 Å². The zero-order valence-electron chi connectivity index (χ0n) is 11.0. The van der Waals surface area contributed by atoms with E-state index in [1.807, 2.05) is 36.4 Å². The monoisotopic (exact) mass is 302 g/mol. The van der Waals surface area contributed by atoms with Crippen molar-refractivity contribution in [3.63, 3.8) is 0 Å². The van der Waals surface area contributed by atoms with Crippen LogP contribution in [0.1, 0.15) is 5.56 Å². The maximum absolute atomic E-state index is 13.3. The predicted octanol–water partition coefficient (Wildman–Crippen LogP) is 3.80. The number of nitriles is 1. The zero-order valence-corrected chi connectivity index (χ0v) is 11.8. The Labute approximate surface area is 127 Å². The van der Waals surface area contributed by atoms with Gasteiger partial charge in [-0.05, 0) is 30.2 Å². The van der Waals surface area contributed by atoms with E-state index in [0.717, 1.165) is 11.6 Å². The van der Waals surface area contributed by atoms with Gasteiger partial charge in [-0.2, -0.15) is 5.26 Å². The summed E-state index contributed by atoms with van der Waals surface area (Å²) >= 11 is 5.57. The molecule has 106 valence electrons. The van der Waals surface area contributed by atoms with E-state index in [1.165, 1.54) is 12.1 Å². The molecule has 0 aliphatic carbocycles. The number of hydrogen-bond donors (Lipinski definition) is 1. The molecule has 1 N–H and O–H groups in total. The van der Waals surface area contributed by atoms with Crippen molar-refractivity contribution in [3.8, 4) is 6.07 Å². The molecule has 0 saturated carbocycles. The van der Waals surface area contributed by atoms with Crippen LogP contribution in [0.4, 0.5) is 10.1 Å². The van der Waals surface area contributed by atoms with Gasteiger partial charge in [-0.25, -0.2) is 4.39 Å². The molecule has 1 amide bonds. The SMILES string of the molecule is N#CC(Cc1ccccc1)C(=O)Nc1ccc(Cl)c(F)c1. The van der Waals surface area contributed by atoms with E-state index < -0.39 is 17.6 Å². The Morgan fingerprint density at radius 3 is 2.62 bits per heavy atom. The van der Waals surface area contributed by atoms with Gasteiger partial charge in [-0.1, -0.05) is 41.9 Å². The fraction of sp³-hybridized carbons (Fsp3) is 0.125. The summed E-state index contributed by atoms with van der Waals surface area (Å²) in [6.45, 7) is 0.